The van der Waals surface area contributed by atoms with Gasteiger partial charge in [-0.25, -0.2) is 0 Å². The van der Waals surface area contributed by atoms with Gasteiger partial charge in [0.1, 0.15) is 5.58 Å². The maximum atomic E-state index is 6.28. The lowest BCUT2D eigenvalue weighted by molar-refractivity contribution is 0.607. The first-order valence-corrected chi connectivity index (χ1v) is 19.2. The molecule has 8 aromatic rings. The van der Waals surface area contributed by atoms with Crippen LogP contribution < -0.4 is 10.4 Å². The number of thiophene rings is 1. The fraction of sp³-hybridized carbons (Fsp3) is 0.0385. The van der Waals surface area contributed by atoms with Gasteiger partial charge in [-0.15, -0.1) is 11.3 Å². The van der Waals surface area contributed by atoms with Gasteiger partial charge < -0.3 is 4.42 Å². The molecule has 0 unspecified atom stereocenters. The highest BCUT2D eigenvalue weighted by molar-refractivity contribution is 7.20. The summed E-state index contributed by atoms with van der Waals surface area (Å²) in [5, 5.41) is 9.62. The van der Waals surface area contributed by atoms with E-state index in [9.17, 15) is 0 Å². The van der Waals surface area contributed by atoms with Gasteiger partial charge >= 0.3 is 0 Å². The van der Waals surface area contributed by atoms with Gasteiger partial charge in [0, 0.05) is 20.3 Å². The first-order valence-electron chi connectivity index (χ1n) is 18.4. The fourth-order valence-corrected chi connectivity index (χ4v) is 9.00. The van der Waals surface area contributed by atoms with Crippen LogP contribution in [-0.4, -0.2) is 0 Å². The quantitative estimate of drug-likeness (QED) is 0.150. The Hall–Kier alpha value is -6.48. The molecule has 0 saturated carbocycles. The number of benzene rings is 6. The topological polar surface area (TPSA) is 13.1 Å². The van der Waals surface area contributed by atoms with E-state index in [-0.39, 0.29) is 0 Å². The van der Waals surface area contributed by atoms with E-state index < -0.39 is 0 Å². The van der Waals surface area contributed by atoms with Gasteiger partial charge in [-0.2, -0.15) is 0 Å². The molecule has 0 bridgehead atoms. The first-order chi connectivity index (χ1) is 26.6. The van der Waals surface area contributed by atoms with Gasteiger partial charge in [0.05, 0.1) is 6.26 Å². The molecule has 0 amide bonds. The monoisotopic (exact) mass is 710 g/mol. The molecule has 54 heavy (non-hydrogen) atoms. The summed E-state index contributed by atoms with van der Waals surface area (Å²) in [6.45, 7) is 12.6. The predicted octanol–water partition coefficient (Wildman–Crippen LogP) is 13.7. The van der Waals surface area contributed by atoms with E-state index in [4.69, 9.17) is 11.0 Å². The minimum Gasteiger partial charge on any atom is -0.464 e. The highest BCUT2D eigenvalue weighted by Crippen LogP contribution is 2.36. The van der Waals surface area contributed by atoms with Crippen LogP contribution in [0.25, 0.3) is 94.7 Å². The Kier molecular flexibility index (Phi) is 8.75. The smallest absolute Gasteiger partial charge is 0.134 e. The third-order valence-corrected chi connectivity index (χ3v) is 11.6. The Balaban J connectivity index is 1.19. The molecular weight excluding hydrogens is 673 g/mol. The normalized spacial score (nSPS) is 12.4. The van der Waals surface area contributed by atoms with Crippen molar-refractivity contribution in [1.29, 1.82) is 0 Å². The largest absolute Gasteiger partial charge is 0.464 e. The Bertz CT molecular complexity index is 3050. The van der Waals surface area contributed by atoms with Crippen molar-refractivity contribution >= 4 is 83.8 Å². The van der Waals surface area contributed by atoms with E-state index >= 15 is 0 Å². The molecule has 2 heterocycles. The van der Waals surface area contributed by atoms with Gasteiger partial charge in [0.2, 0.25) is 0 Å². The summed E-state index contributed by atoms with van der Waals surface area (Å²) in [6, 6.07) is 45.8. The van der Waals surface area contributed by atoms with Gasteiger partial charge in [-0.3, -0.25) is 0 Å². The van der Waals surface area contributed by atoms with E-state index in [1.807, 2.05) is 24.3 Å². The van der Waals surface area contributed by atoms with Crippen molar-refractivity contribution in [2.75, 3.05) is 0 Å². The molecule has 9 rings (SSSR count). The van der Waals surface area contributed by atoms with Crippen molar-refractivity contribution in [3.8, 4) is 22.3 Å². The van der Waals surface area contributed by atoms with Crippen LogP contribution in [0.5, 0.6) is 0 Å². The molecule has 258 valence electrons. The van der Waals surface area contributed by atoms with Gasteiger partial charge in [0.25, 0.3) is 0 Å². The lowest BCUT2D eigenvalue weighted by Crippen LogP contribution is -2.33. The zero-order chi connectivity index (χ0) is 36.6. The van der Waals surface area contributed by atoms with E-state index in [1.54, 1.807) is 17.6 Å². The van der Waals surface area contributed by atoms with Crippen molar-refractivity contribution in [3.05, 3.63) is 198 Å². The molecule has 2 aromatic heterocycles. The number of hydrogen-bond donors (Lipinski definition) is 0. The first kappa shape index (κ1) is 33.4. The van der Waals surface area contributed by atoms with Crippen LogP contribution in [0.2, 0.25) is 0 Å². The zero-order valence-electron chi connectivity index (χ0n) is 30.0. The van der Waals surface area contributed by atoms with Crippen molar-refractivity contribution < 1.29 is 4.42 Å². The Morgan fingerprint density at radius 1 is 0.630 bits per heavy atom. The summed E-state index contributed by atoms with van der Waals surface area (Å²) in [5.74, 6) is 0. The summed E-state index contributed by atoms with van der Waals surface area (Å²) in [5.41, 5.74) is 9.98. The highest BCUT2D eigenvalue weighted by Gasteiger charge is 2.18. The number of hydrogen-bond acceptors (Lipinski definition) is 2. The molecule has 0 atom stereocenters. The van der Waals surface area contributed by atoms with Crippen molar-refractivity contribution in [3.63, 3.8) is 0 Å². The number of allylic oxidation sites excluding steroid dienone is 2. The van der Waals surface area contributed by atoms with Gasteiger partial charge in [-0.1, -0.05) is 141 Å². The molecule has 6 aromatic carbocycles. The summed E-state index contributed by atoms with van der Waals surface area (Å²) in [6.07, 6.45) is 16.5. The van der Waals surface area contributed by atoms with E-state index in [0.29, 0.717) is 0 Å². The Labute approximate surface area is 319 Å². The molecule has 0 spiro atoms. The highest BCUT2D eigenvalue weighted by atomic mass is 32.1. The molecule has 0 aliphatic heterocycles. The zero-order valence-corrected chi connectivity index (χ0v) is 30.8. The van der Waals surface area contributed by atoms with Crippen LogP contribution in [0.1, 0.15) is 34.4 Å². The molecule has 1 aliphatic carbocycles. The second-order valence-corrected chi connectivity index (χ2v) is 14.8. The average molecular weight is 711 g/mol. The lowest BCUT2D eigenvalue weighted by Gasteiger charge is -2.20. The van der Waals surface area contributed by atoms with E-state index in [2.05, 4.69) is 153 Å². The minimum atomic E-state index is 0.836. The van der Waals surface area contributed by atoms with Crippen molar-refractivity contribution in [2.24, 2.45) is 0 Å². The molecule has 1 nitrogen and oxygen atoms in total. The van der Waals surface area contributed by atoms with Gasteiger partial charge in [-0.05, 0) is 132 Å². The predicted molar refractivity (Wildman–Crippen MR) is 236 cm³/mol. The maximum absolute atomic E-state index is 6.28. The third kappa shape index (κ3) is 5.91. The number of fused-ring (bicyclic) bond motifs is 6. The summed E-state index contributed by atoms with van der Waals surface area (Å²) in [4.78, 5) is 1.21. The molecule has 0 N–H and O–H groups in total. The average Bonchev–Trinajstić information content (AvgIpc) is 3.68. The SMILES string of the molecule is C=C/C=C\c1cc2c(ccc3cc4ccc(-c5cccc(-c6c7c(c(C(=C)c8ccccc8C=C)c8ccccc68)=CCCC=7)c5)cccoc4cc32)s1. The summed E-state index contributed by atoms with van der Waals surface area (Å²) >= 11 is 1.79. The minimum absolute atomic E-state index is 0.836. The van der Waals surface area contributed by atoms with Crippen LogP contribution in [0.4, 0.5) is 0 Å². The van der Waals surface area contributed by atoms with Crippen molar-refractivity contribution in [1.82, 2.24) is 0 Å². The van der Waals surface area contributed by atoms with Crippen LogP contribution in [0, 0.1) is 0 Å². The number of rotatable bonds is 7. The molecule has 0 radical (unpaired) electrons. The van der Waals surface area contributed by atoms with Crippen LogP contribution in [0.3, 0.4) is 0 Å². The second-order valence-electron chi connectivity index (χ2n) is 13.7. The fourth-order valence-electron chi connectivity index (χ4n) is 8.00. The van der Waals surface area contributed by atoms with E-state index in [1.165, 1.54) is 63.6 Å². The third-order valence-electron chi connectivity index (χ3n) is 10.5. The second kappa shape index (κ2) is 14.2. The molecule has 2 heteroatoms. The molecule has 0 fully saturated rings. The summed E-state index contributed by atoms with van der Waals surface area (Å²) < 4.78 is 7.54. The molecule has 0 saturated heterocycles. The van der Waals surface area contributed by atoms with Crippen LogP contribution in [0.15, 0.2) is 170 Å². The maximum Gasteiger partial charge on any atom is 0.134 e. The lowest BCUT2D eigenvalue weighted by atomic mass is 9.84. The Morgan fingerprint density at radius 3 is 2.28 bits per heavy atom. The molecule has 1 aliphatic rings. The Morgan fingerprint density at radius 2 is 1.41 bits per heavy atom. The van der Waals surface area contributed by atoms with Crippen molar-refractivity contribution in [2.45, 2.75) is 12.8 Å². The standard InChI is InChI=1S/C52H38OS/c1-4-6-19-41-32-48-47-33-49-39(31-38(47)27-28-50(48)54-41)26-25-36(18-14-29-53-49)37-16-13-17-40(30-37)52-45-23-11-9-21-43(45)51(44-22-10-12-24-46(44)52)34(3)42-20-8-7-15-35(42)5-2/h4-9,11,13-33H,1-3,10,12H2/b19-6-,26-25?,29-14?,36-18?. The van der Waals surface area contributed by atoms with Gasteiger partial charge in [0.15, 0.2) is 0 Å². The van der Waals surface area contributed by atoms with E-state index in [0.717, 1.165) is 51.6 Å². The summed E-state index contributed by atoms with van der Waals surface area (Å²) in [7, 11) is 0. The van der Waals surface area contributed by atoms with Crippen LogP contribution >= 0.6 is 11.3 Å². The van der Waals surface area contributed by atoms with Crippen LogP contribution in [-0.2, 0) is 0 Å². The molecular formula is C52H38OS.